The number of hydrogen-bond acceptors (Lipinski definition) is 5. The van der Waals surface area contributed by atoms with Gasteiger partial charge in [-0.05, 0) is 53.6 Å². The number of anilines is 1. The summed E-state index contributed by atoms with van der Waals surface area (Å²) in [7, 11) is 0. The van der Waals surface area contributed by atoms with Crippen LogP contribution in [0.3, 0.4) is 0 Å². The van der Waals surface area contributed by atoms with Gasteiger partial charge in [0.05, 0.1) is 4.92 Å². The normalized spacial score (nSPS) is 11.1. The molecule has 4 aromatic carbocycles. The van der Waals surface area contributed by atoms with Gasteiger partial charge >= 0.3 is 0 Å². The minimum atomic E-state index is -0.686. The van der Waals surface area contributed by atoms with Crippen LogP contribution in [0, 0.1) is 28.4 Å². The molecule has 0 aromatic heterocycles. The zero-order valence-corrected chi connectivity index (χ0v) is 20.8. The zero-order valence-electron chi connectivity index (χ0n) is 19.2. The number of ether oxygens (including phenoxy) is 1. The number of carbonyl (C=O) groups is 1. The van der Waals surface area contributed by atoms with E-state index < -0.39 is 10.8 Å². The molecule has 0 aliphatic rings. The quantitative estimate of drug-likeness (QED) is 0.118. The highest BCUT2D eigenvalue weighted by Crippen LogP contribution is 2.29. The lowest BCUT2D eigenvalue weighted by Gasteiger charge is -2.14. The lowest BCUT2D eigenvalue weighted by molar-refractivity contribution is -0.384. The Morgan fingerprint density at radius 2 is 1.92 bits per heavy atom. The van der Waals surface area contributed by atoms with E-state index in [1.807, 2.05) is 37.3 Å². The maximum absolute atomic E-state index is 12.8. The number of nitro benzene ring substituents is 1. The molecule has 0 heterocycles. The van der Waals surface area contributed by atoms with Crippen LogP contribution in [0.2, 0.25) is 0 Å². The Kier molecular flexibility index (Phi) is 7.42. The topological polar surface area (TPSA) is 105 Å². The van der Waals surface area contributed by atoms with Crippen LogP contribution in [-0.4, -0.2) is 10.8 Å². The summed E-state index contributed by atoms with van der Waals surface area (Å²) in [6, 6.07) is 25.0. The highest BCUT2D eigenvalue weighted by Gasteiger charge is 2.14. The molecular weight excluding hydrogens is 522 g/mol. The van der Waals surface area contributed by atoms with Crippen molar-refractivity contribution in [2.45, 2.75) is 13.5 Å². The summed E-state index contributed by atoms with van der Waals surface area (Å²) in [6.07, 6.45) is 1.43. The van der Waals surface area contributed by atoms with E-state index in [0.717, 1.165) is 26.4 Å². The van der Waals surface area contributed by atoms with Crippen molar-refractivity contribution in [2.24, 2.45) is 0 Å². The first-order valence-corrected chi connectivity index (χ1v) is 11.7. The summed E-state index contributed by atoms with van der Waals surface area (Å²) in [6.45, 7) is 2.33. The summed E-state index contributed by atoms with van der Waals surface area (Å²) in [5, 5.41) is 25.4. The van der Waals surface area contributed by atoms with Crippen molar-refractivity contribution in [3.63, 3.8) is 0 Å². The van der Waals surface area contributed by atoms with Crippen molar-refractivity contribution in [3.05, 3.63) is 116 Å². The van der Waals surface area contributed by atoms with Crippen molar-refractivity contribution in [3.8, 4) is 11.8 Å². The maximum atomic E-state index is 12.8. The average molecular weight is 542 g/mol. The molecule has 0 atom stereocenters. The molecule has 0 fully saturated rings. The lowest BCUT2D eigenvalue weighted by atomic mass is 10.0. The fourth-order valence-corrected chi connectivity index (χ4v) is 4.13. The highest BCUT2D eigenvalue weighted by atomic mass is 79.9. The molecule has 36 heavy (non-hydrogen) atoms. The Hall–Kier alpha value is -4.48. The first-order chi connectivity index (χ1) is 17.4. The lowest BCUT2D eigenvalue weighted by Crippen LogP contribution is -2.13. The second-order valence-electron chi connectivity index (χ2n) is 7.98. The summed E-state index contributed by atoms with van der Waals surface area (Å²) in [4.78, 5) is 23.2. The van der Waals surface area contributed by atoms with Gasteiger partial charge in [-0.25, -0.2) is 0 Å². The average Bonchev–Trinajstić information content (AvgIpc) is 2.87. The third-order valence-corrected chi connectivity index (χ3v) is 6.09. The van der Waals surface area contributed by atoms with E-state index in [0.29, 0.717) is 17.9 Å². The minimum absolute atomic E-state index is 0.165. The number of nitriles is 1. The number of nitro groups is 1. The van der Waals surface area contributed by atoms with E-state index in [9.17, 15) is 20.2 Å². The minimum Gasteiger partial charge on any atom is -0.488 e. The molecule has 0 spiro atoms. The number of fused-ring (bicyclic) bond motifs is 1. The smallest absolute Gasteiger partial charge is 0.271 e. The summed E-state index contributed by atoms with van der Waals surface area (Å²) in [5.41, 5.74) is 2.56. The van der Waals surface area contributed by atoms with Gasteiger partial charge in [-0.1, -0.05) is 58.4 Å². The number of rotatable bonds is 7. The number of nitrogens with zero attached hydrogens (tertiary/aromatic N) is 2. The number of halogens is 1. The predicted molar refractivity (Wildman–Crippen MR) is 142 cm³/mol. The fourth-order valence-electron chi connectivity index (χ4n) is 3.75. The summed E-state index contributed by atoms with van der Waals surface area (Å²) in [5.74, 6) is -0.185. The second kappa shape index (κ2) is 10.8. The highest BCUT2D eigenvalue weighted by molar-refractivity contribution is 9.10. The van der Waals surface area contributed by atoms with Crippen LogP contribution in [0.1, 0.15) is 16.7 Å². The molecule has 0 saturated heterocycles. The molecular formula is C28H20BrN3O4. The van der Waals surface area contributed by atoms with Gasteiger partial charge < -0.3 is 10.1 Å². The largest absolute Gasteiger partial charge is 0.488 e. The van der Waals surface area contributed by atoms with Crippen molar-refractivity contribution >= 4 is 50.1 Å². The number of benzene rings is 4. The number of hydrogen-bond donors (Lipinski definition) is 1. The first-order valence-electron chi connectivity index (χ1n) is 10.9. The monoisotopic (exact) mass is 541 g/mol. The number of non-ortho nitro benzene ring substituents is 1. The van der Waals surface area contributed by atoms with E-state index in [1.165, 1.54) is 30.3 Å². The third-order valence-electron chi connectivity index (χ3n) is 5.60. The number of carbonyl (C=O) groups excluding carboxylic acids is 1. The van der Waals surface area contributed by atoms with Crippen LogP contribution >= 0.6 is 15.9 Å². The maximum Gasteiger partial charge on any atom is 0.271 e. The Bertz CT molecular complexity index is 1560. The molecule has 178 valence electrons. The number of aryl methyl sites for hydroxylation is 1. The predicted octanol–water partition coefficient (Wildman–Crippen LogP) is 6.94. The molecule has 4 rings (SSSR count). The molecule has 0 saturated carbocycles. The Balaban J connectivity index is 1.61. The molecule has 0 bridgehead atoms. The molecule has 7 nitrogen and oxygen atoms in total. The van der Waals surface area contributed by atoms with E-state index in [1.54, 1.807) is 12.1 Å². The van der Waals surface area contributed by atoms with Crippen LogP contribution in [0.15, 0.2) is 88.9 Å². The van der Waals surface area contributed by atoms with Crippen molar-refractivity contribution in [2.75, 3.05) is 5.32 Å². The number of nitrogens with one attached hydrogen (secondary N) is 1. The van der Waals surface area contributed by atoms with Crippen molar-refractivity contribution < 1.29 is 14.5 Å². The summed E-state index contributed by atoms with van der Waals surface area (Å²) >= 11 is 3.43. The van der Waals surface area contributed by atoms with E-state index >= 15 is 0 Å². The van der Waals surface area contributed by atoms with Gasteiger partial charge in [0, 0.05) is 33.4 Å². The van der Waals surface area contributed by atoms with E-state index in [2.05, 4.69) is 39.4 Å². The Morgan fingerprint density at radius 1 is 1.11 bits per heavy atom. The van der Waals surface area contributed by atoms with Gasteiger partial charge in [0.15, 0.2) is 0 Å². The van der Waals surface area contributed by atoms with Crippen LogP contribution < -0.4 is 10.1 Å². The van der Waals surface area contributed by atoms with Gasteiger partial charge in [0.25, 0.3) is 11.6 Å². The van der Waals surface area contributed by atoms with Crippen molar-refractivity contribution in [1.29, 1.82) is 5.26 Å². The zero-order chi connectivity index (χ0) is 25.7. The first kappa shape index (κ1) is 24.6. The molecule has 0 aliphatic heterocycles. The standard InChI is InChI=1S/C28H20BrN3O4/c1-18-9-10-19-5-2-3-8-25(19)26(18)17-36-27-12-11-22(29)14-20(27)13-21(16-30)28(33)31-23-6-4-7-24(15-23)32(34)35/h2-15H,17H2,1H3,(H,31,33)/b21-13+. The van der Waals surface area contributed by atoms with Crippen LogP contribution in [0.25, 0.3) is 16.8 Å². The number of amides is 1. The van der Waals surface area contributed by atoms with Crippen LogP contribution in [0.5, 0.6) is 5.75 Å². The molecule has 0 unspecified atom stereocenters. The Morgan fingerprint density at radius 3 is 2.69 bits per heavy atom. The summed E-state index contributed by atoms with van der Waals surface area (Å²) < 4.78 is 6.92. The van der Waals surface area contributed by atoms with Crippen LogP contribution in [-0.2, 0) is 11.4 Å². The molecule has 0 aliphatic carbocycles. The van der Waals surface area contributed by atoms with Gasteiger partial charge in [-0.15, -0.1) is 0 Å². The fraction of sp³-hybridized carbons (Fsp3) is 0.0714. The van der Waals surface area contributed by atoms with Crippen molar-refractivity contribution in [1.82, 2.24) is 0 Å². The SMILES string of the molecule is Cc1ccc2ccccc2c1COc1ccc(Br)cc1/C=C(\C#N)C(=O)Nc1cccc([N+](=O)[O-])c1. The van der Waals surface area contributed by atoms with Gasteiger partial charge in [-0.3, -0.25) is 14.9 Å². The molecule has 1 amide bonds. The molecule has 8 heteroatoms. The third kappa shape index (κ3) is 5.59. The molecule has 4 aromatic rings. The Labute approximate surface area is 215 Å². The van der Waals surface area contributed by atoms with E-state index in [4.69, 9.17) is 4.74 Å². The van der Waals surface area contributed by atoms with E-state index in [-0.39, 0.29) is 16.9 Å². The van der Waals surface area contributed by atoms with Crippen LogP contribution in [0.4, 0.5) is 11.4 Å². The van der Waals surface area contributed by atoms with Gasteiger partial charge in [0.2, 0.25) is 0 Å². The molecule has 0 radical (unpaired) electrons. The van der Waals surface area contributed by atoms with Gasteiger partial charge in [0.1, 0.15) is 24.0 Å². The molecule has 1 N–H and O–H groups in total. The second-order valence-corrected chi connectivity index (χ2v) is 8.90. The van der Waals surface area contributed by atoms with Gasteiger partial charge in [-0.2, -0.15) is 5.26 Å².